The van der Waals surface area contributed by atoms with E-state index in [9.17, 15) is 14.9 Å². The Hall–Kier alpha value is -2.21. The number of aromatic nitrogens is 2. The van der Waals surface area contributed by atoms with Gasteiger partial charge in [0, 0.05) is 12.3 Å². The molecule has 7 heteroatoms. The molecule has 6 nitrogen and oxygen atoms in total. The Kier molecular flexibility index (Phi) is 3.35. The largest absolute Gasteiger partial charge is 0.294 e. The van der Waals surface area contributed by atoms with Gasteiger partial charge in [0.25, 0.3) is 5.69 Å². The quantitative estimate of drug-likeness (QED) is 0.491. The normalized spacial score (nSPS) is 10.5. The molecule has 0 saturated heterocycles. The Bertz CT molecular complexity index is 659. The Morgan fingerprint density at radius 2 is 2.16 bits per heavy atom. The van der Waals surface area contributed by atoms with Crippen LogP contribution in [0.5, 0.6) is 0 Å². The van der Waals surface area contributed by atoms with Crippen molar-refractivity contribution in [1.29, 1.82) is 0 Å². The third-order valence-electron chi connectivity index (χ3n) is 2.66. The maximum atomic E-state index is 11.5. The number of halogens is 1. The molecule has 0 atom stereocenters. The van der Waals surface area contributed by atoms with Crippen LogP contribution in [0.25, 0.3) is 5.69 Å². The molecular weight excluding hydrogens is 270 g/mol. The zero-order chi connectivity index (χ0) is 14.2. The Labute approximate surface area is 113 Å². The smallest absolute Gasteiger partial charge is 0.280 e. The number of aryl methyl sites for hydroxylation is 1. The summed E-state index contributed by atoms with van der Waals surface area (Å²) in [5.74, 6) is -0.372. The molecule has 19 heavy (non-hydrogen) atoms. The number of carbonyl (C=O) groups is 1. The van der Waals surface area contributed by atoms with Gasteiger partial charge in [-0.3, -0.25) is 14.9 Å². The highest BCUT2D eigenvalue weighted by Gasteiger charge is 2.18. The minimum atomic E-state index is -0.582. The number of hydrogen-bond acceptors (Lipinski definition) is 4. The van der Waals surface area contributed by atoms with Crippen LogP contribution in [0.1, 0.15) is 23.0 Å². The van der Waals surface area contributed by atoms with E-state index in [0.29, 0.717) is 16.4 Å². The Morgan fingerprint density at radius 1 is 1.47 bits per heavy atom. The second-order valence-electron chi connectivity index (χ2n) is 4.02. The van der Waals surface area contributed by atoms with Gasteiger partial charge in [-0.05, 0) is 26.0 Å². The highest BCUT2D eigenvalue weighted by Crippen LogP contribution is 2.23. The zero-order valence-electron chi connectivity index (χ0n) is 10.3. The molecular formula is C12H10ClN3O3. The summed E-state index contributed by atoms with van der Waals surface area (Å²) in [4.78, 5) is 21.7. The molecule has 0 spiro atoms. The van der Waals surface area contributed by atoms with E-state index in [0.717, 1.165) is 0 Å². The van der Waals surface area contributed by atoms with Crippen LogP contribution in [0.3, 0.4) is 0 Å². The van der Waals surface area contributed by atoms with Crippen molar-refractivity contribution in [1.82, 2.24) is 9.78 Å². The van der Waals surface area contributed by atoms with Crippen LogP contribution in [-0.4, -0.2) is 20.5 Å². The molecule has 98 valence electrons. The van der Waals surface area contributed by atoms with Gasteiger partial charge >= 0.3 is 0 Å². The molecule has 0 bridgehead atoms. The van der Waals surface area contributed by atoms with E-state index in [4.69, 9.17) is 11.6 Å². The van der Waals surface area contributed by atoms with Gasteiger partial charge < -0.3 is 0 Å². The summed E-state index contributed by atoms with van der Waals surface area (Å²) in [6.07, 6.45) is 1.59. The fourth-order valence-corrected chi connectivity index (χ4v) is 1.81. The van der Waals surface area contributed by atoms with Crippen molar-refractivity contribution in [2.45, 2.75) is 13.8 Å². The summed E-state index contributed by atoms with van der Waals surface area (Å²) >= 11 is 5.90. The molecule has 1 heterocycles. The maximum Gasteiger partial charge on any atom is 0.280 e. The van der Waals surface area contributed by atoms with Crippen LogP contribution in [0.15, 0.2) is 24.4 Å². The lowest BCUT2D eigenvalue weighted by molar-refractivity contribution is -0.385. The molecule has 0 aliphatic rings. The molecule has 0 saturated carbocycles. The van der Waals surface area contributed by atoms with Crippen molar-refractivity contribution in [3.63, 3.8) is 0 Å². The van der Waals surface area contributed by atoms with E-state index in [1.807, 2.05) is 0 Å². The Morgan fingerprint density at radius 3 is 2.63 bits per heavy atom. The summed E-state index contributed by atoms with van der Waals surface area (Å²) in [5.41, 5.74) is 1.02. The van der Waals surface area contributed by atoms with E-state index in [2.05, 4.69) is 5.10 Å². The van der Waals surface area contributed by atoms with Crippen molar-refractivity contribution >= 4 is 23.1 Å². The van der Waals surface area contributed by atoms with Crippen molar-refractivity contribution in [3.8, 4) is 5.69 Å². The molecule has 2 aromatic rings. The molecule has 0 fully saturated rings. The lowest BCUT2D eigenvalue weighted by Crippen LogP contribution is -2.03. The number of Topliss-reactive ketones (excluding diaryl/α,β-unsaturated/α-hetero) is 1. The molecule has 0 radical (unpaired) electrons. The Balaban J connectivity index is 2.58. The lowest BCUT2D eigenvalue weighted by Gasteiger charge is -2.04. The average Bonchev–Trinajstić information content (AvgIpc) is 2.68. The van der Waals surface area contributed by atoms with E-state index in [-0.39, 0.29) is 17.0 Å². The van der Waals surface area contributed by atoms with Crippen LogP contribution >= 0.6 is 11.6 Å². The lowest BCUT2D eigenvalue weighted by atomic mass is 10.1. The second-order valence-corrected chi connectivity index (χ2v) is 4.43. The first-order valence-electron chi connectivity index (χ1n) is 5.41. The molecule has 1 aromatic heterocycles. The number of nitro benzene ring substituents is 1. The third-order valence-corrected chi connectivity index (χ3v) is 3.03. The third kappa shape index (κ3) is 2.48. The van der Waals surface area contributed by atoms with Crippen LogP contribution in [-0.2, 0) is 0 Å². The average molecular weight is 280 g/mol. The first kappa shape index (κ1) is 13.2. The van der Waals surface area contributed by atoms with Gasteiger partial charge in [-0.15, -0.1) is 0 Å². The number of ketones is 1. The van der Waals surface area contributed by atoms with Gasteiger partial charge in [0.1, 0.15) is 0 Å². The molecule has 0 aliphatic heterocycles. The van der Waals surface area contributed by atoms with E-state index >= 15 is 0 Å². The fraction of sp³-hybridized carbons (Fsp3) is 0.167. The maximum absolute atomic E-state index is 11.5. The number of hydrogen-bond donors (Lipinski definition) is 0. The van der Waals surface area contributed by atoms with Crippen molar-refractivity contribution in [2.24, 2.45) is 0 Å². The first-order valence-corrected chi connectivity index (χ1v) is 5.79. The van der Waals surface area contributed by atoms with E-state index < -0.39 is 4.92 Å². The SMILES string of the molecule is CC(=O)c1cc(-n2cc(Cl)c(C)n2)ccc1[N+](=O)[O-]. The topological polar surface area (TPSA) is 78.0 Å². The van der Waals surface area contributed by atoms with Gasteiger partial charge in [0.2, 0.25) is 0 Å². The first-order chi connectivity index (χ1) is 8.90. The van der Waals surface area contributed by atoms with Gasteiger partial charge in [-0.25, -0.2) is 4.68 Å². The minimum absolute atomic E-state index is 0.0479. The van der Waals surface area contributed by atoms with Crippen LogP contribution in [0.4, 0.5) is 5.69 Å². The molecule has 0 N–H and O–H groups in total. The molecule has 0 aliphatic carbocycles. The number of rotatable bonds is 3. The van der Waals surface area contributed by atoms with Crippen molar-refractivity contribution < 1.29 is 9.72 Å². The van der Waals surface area contributed by atoms with Gasteiger partial charge in [0.05, 0.1) is 26.9 Å². The van der Waals surface area contributed by atoms with Crippen LogP contribution < -0.4 is 0 Å². The predicted molar refractivity (Wildman–Crippen MR) is 70.0 cm³/mol. The highest BCUT2D eigenvalue weighted by molar-refractivity contribution is 6.31. The molecule has 0 unspecified atom stereocenters. The monoisotopic (exact) mass is 279 g/mol. The summed E-state index contributed by atoms with van der Waals surface area (Å²) < 4.78 is 1.48. The second kappa shape index (κ2) is 4.81. The summed E-state index contributed by atoms with van der Waals surface area (Å²) in [7, 11) is 0. The van der Waals surface area contributed by atoms with Crippen molar-refractivity contribution in [3.05, 3.63) is 50.8 Å². The highest BCUT2D eigenvalue weighted by atomic mass is 35.5. The van der Waals surface area contributed by atoms with Gasteiger partial charge in [0.15, 0.2) is 5.78 Å². The van der Waals surface area contributed by atoms with Crippen molar-refractivity contribution in [2.75, 3.05) is 0 Å². The zero-order valence-corrected chi connectivity index (χ0v) is 11.0. The fourth-order valence-electron chi connectivity index (χ4n) is 1.68. The molecule has 1 aromatic carbocycles. The van der Waals surface area contributed by atoms with Gasteiger partial charge in [-0.1, -0.05) is 11.6 Å². The standard InChI is InChI=1S/C12H10ClN3O3/c1-7-11(13)6-15(14-7)9-3-4-12(16(18)19)10(5-9)8(2)17/h3-6H,1-2H3. The summed E-state index contributed by atoms with van der Waals surface area (Å²) in [6, 6.07) is 4.24. The van der Waals surface area contributed by atoms with E-state index in [1.54, 1.807) is 13.1 Å². The summed E-state index contributed by atoms with van der Waals surface area (Å²) in [6.45, 7) is 3.03. The number of nitrogens with zero attached hydrogens (tertiary/aromatic N) is 3. The number of benzene rings is 1. The number of carbonyl (C=O) groups excluding carboxylic acids is 1. The van der Waals surface area contributed by atoms with E-state index in [1.165, 1.54) is 29.8 Å². The number of nitro groups is 1. The predicted octanol–water partition coefficient (Wildman–Crippen LogP) is 2.94. The molecule has 2 rings (SSSR count). The van der Waals surface area contributed by atoms with Crippen LogP contribution in [0.2, 0.25) is 5.02 Å². The van der Waals surface area contributed by atoms with Gasteiger partial charge in [-0.2, -0.15) is 5.10 Å². The van der Waals surface area contributed by atoms with Crippen LogP contribution in [0, 0.1) is 17.0 Å². The summed E-state index contributed by atoms with van der Waals surface area (Å²) in [5, 5.41) is 15.5. The molecule has 0 amide bonds. The minimum Gasteiger partial charge on any atom is -0.294 e.